The van der Waals surface area contributed by atoms with Crippen LogP contribution in [0.25, 0.3) is 10.2 Å². The molecule has 0 aliphatic heterocycles. The number of nitrogens with zero attached hydrogens (tertiary/aromatic N) is 2. The second-order valence-electron chi connectivity index (χ2n) is 6.63. The summed E-state index contributed by atoms with van der Waals surface area (Å²) in [6.45, 7) is 4.06. The number of benzene rings is 1. The van der Waals surface area contributed by atoms with E-state index in [1.54, 1.807) is 35.0 Å². The molecule has 0 saturated heterocycles. The molecule has 26 heavy (non-hydrogen) atoms. The molecule has 6 heteroatoms. The number of carbonyl (C=O) groups is 1. The van der Waals surface area contributed by atoms with Crippen LogP contribution >= 0.6 is 11.3 Å². The third-order valence-electron chi connectivity index (χ3n) is 4.94. The average Bonchev–Trinajstić information content (AvgIpc) is 3.01. The number of carbonyl (C=O) groups excluding carboxylic acids is 1. The quantitative estimate of drug-likeness (QED) is 0.698. The maximum atomic E-state index is 13.1. The highest BCUT2D eigenvalue weighted by Gasteiger charge is 2.21. The minimum absolute atomic E-state index is 0.0331. The molecule has 0 bridgehead atoms. The van der Waals surface area contributed by atoms with Gasteiger partial charge < -0.3 is 5.32 Å². The molecule has 1 aliphatic rings. The van der Waals surface area contributed by atoms with Gasteiger partial charge in [-0.2, -0.15) is 0 Å². The molecule has 134 valence electrons. The fourth-order valence-electron chi connectivity index (χ4n) is 3.54. The molecule has 0 spiro atoms. The number of nitrogens with one attached hydrogen (secondary N) is 1. The third kappa shape index (κ3) is 2.84. The number of fused-ring (bicyclic) bond motifs is 3. The Morgan fingerprint density at radius 1 is 1.23 bits per heavy atom. The van der Waals surface area contributed by atoms with Gasteiger partial charge >= 0.3 is 0 Å². The Balaban J connectivity index is 1.79. The van der Waals surface area contributed by atoms with Gasteiger partial charge in [-0.05, 0) is 69.4 Å². The Bertz CT molecular complexity index is 1050. The van der Waals surface area contributed by atoms with Crippen molar-refractivity contribution in [2.45, 2.75) is 46.1 Å². The summed E-state index contributed by atoms with van der Waals surface area (Å²) in [5.74, 6) is 0.588. The lowest BCUT2D eigenvalue weighted by atomic mass is 9.97. The van der Waals surface area contributed by atoms with Crippen LogP contribution in [0.3, 0.4) is 0 Å². The van der Waals surface area contributed by atoms with Crippen LogP contribution in [0.15, 0.2) is 29.1 Å². The van der Waals surface area contributed by atoms with E-state index in [0.29, 0.717) is 18.1 Å². The molecule has 1 N–H and O–H groups in total. The van der Waals surface area contributed by atoms with Gasteiger partial charge in [0.05, 0.1) is 5.39 Å². The van der Waals surface area contributed by atoms with Crippen molar-refractivity contribution >= 4 is 39.0 Å². The summed E-state index contributed by atoms with van der Waals surface area (Å²) in [4.78, 5) is 31.4. The first-order chi connectivity index (χ1) is 12.6. The molecule has 0 saturated carbocycles. The lowest BCUT2D eigenvalue weighted by Gasteiger charge is -2.13. The zero-order valence-corrected chi connectivity index (χ0v) is 15.8. The number of thiophene rings is 1. The van der Waals surface area contributed by atoms with E-state index in [4.69, 9.17) is 4.98 Å². The van der Waals surface area contributed by atoms with Crippen molar-refractivity contribution in [1.82, 2.24) is 9.55 Å². The van der Waals surface area contributed by atoms with E-state index in [0.717, 1.165) is 35.2 Å². The smallest absolute Gasteiger partial charge is 0.263 e. The molecule has 0 unspecified atom stereocenters. The fraction of sp³-hybridized carbons (Fsp3) is 0.350. The van der Waals surface area contributed by atoms with Crippen molar-refractivity contribution in [3.05, 3.63) is 50.6 Å². The van der Waals surface area contributed by atoms with Crippen molar-refractivity contribution in [3.8, 4) is 0 Å². The van der Waals surface area contributed by atoms with E-state index in [-0.39, 0.29) is 11.3 Å². The lowest BCUT2D eigenvalue weighted by Crippen LogP contribution is -2.23. The van der Waals surface area contributed by atoms with Gasteiger partial charge in [0.2, 0.25) is 5.95 Å². The van der Waals surface area contributed by atoms with Gasteiger partial charge in [0.1, 0.15) is 4.83 Å². The number of anilines is 2. The normalized spacial score (nSPS) is 13.6. The molecule has 2 heterocycles. The Hall–Kier alpha value is -2.47. The molecule has 5 nitrogen and oxygen atoms in total. The first kappa shape index (κ1) is 17.0. The van der Waals surface area contributed by atoms with Gasteiger partial charge in [-0.1, -0.05) is 0 Å². The van der Waals surface area contributed by atoms with Gasteiger partial charge in [-0.3, -0.25) is 14.2 Å². The monoisotopic (exact) mass is 367 g/mol. The van der Waals surface area contributed by atoms with Crippen LogP contribution in [-0.2, 0) is 19.4 Å². The maximum Gasteiger partial charge on any atom is 0.263 e. The van der Waals surface area contributed by atoms with Crippen molar-refractivity contribution in [1.29, 1.82) is 0 Å². The predicted molar refractivity (Wildman–Crippen MR) is 106 cm³/mol. The van der Waals surface area contributed by atoms with E-state index >= 15 is 0 Å². The highest BCUT2D eigenvalue weighted by Crippen LogP contribution is 2.34. The van der Waals surface area contributed by atoms with E-state index in [2.05, 4.69) is 5.32 Å². The minimum atomic E-state index is 0.0331. The van der Waals surface area contributed by atoms with Gasteiger partial charge in [0.15, 0.2) is 5.78 Å². The first-order valence-electron chi connectivity index (χ1n) is 9.01. The molecule has 0 amide bonds. The van der Waals surface area contributed by atoms with Crippen LogP contribution in [0.2, 0.25) is 0 Å². The highest BCUT2D eigenvalue weighted by molar-refractivity contribution is 7.18. The van der Waals surface area contributed by atoms with Gasteiger partial charge in [-0.15, -0.1) is 11.3 Å². The van der Waals surface area contributed by atoms with Gasteiger partial charge in [0.25, 0.3) is 5.56 Å². The largest absolute Gasteiger partial charge is 0.325 e. The van der Waals surface area contributed by atoms with Crippen molar-refractivity contribution < 1.29 is 4.79 Å². The molecule has 4 rings (SSSR count). The second-order valence-corrected chi connectivity index (χ2v) is 7.72. The van der Waals surface area contributed by atoms with Crippen LogP contribution in [0.1, 0.15) is 47.5 Å². The highest BCUT2D eigenvalue weighted by atomic mass is 32.1. The molecule has 0 fully saturated rings. The number of hydrogen-bond acceptors (Lipinski definition) is 5. The van der Waals surface area contributed by atoms with Crippen molar-refractivity contribution in [3.63, 3.8) is 0 Å². The number of ketones is 1. The van der Waals surface area contributed by atoms with Crippen molar-refractivity contribution in [2.75, 3.05) is 5.32 Å². The number of aromatic nitrogens is 2. The molecule has 1 aliphatic carbocycles. The zero-order valence-electron chi connectivity index (χ0n) is 15.0. The number of aryl methyl sites for hydroxylation is 2. The van der Waals surface area contributed by atoms with Crippen molar-refractivity contribution in [2.24, 2.45) is 0 Å². The SMILES string of the molecule is CCn1c(Nc2ccc(C(C)=O)cc2)nc2sc3c(c2c1=O)CCCC3. The average molecular weight is 367 g/mol. The topological polar surface area (TPSA) is 64.0 Å². The maximum absolute atomic E-state index is 13.1. The van der Waals surface area contributed by atoms with E-state index in [9.17, 15) is 9.59 Å². The Morgan fingerprint density at radius 3 is 2.65 bits per heavy atom. The van der Waals surface area contributed by atoms with E-state index in [1.165, 1.54) is 16.9 Å². The second kappa shape index (κ2) is 6.68. The predicted octanol–water partition coefficient (Wildman–Crippen LogP) is 4.30. The standard InChI is InChI=1S/C20H21N3O2S/c1-3-23-19(25)17-15-6-4-5-7-16(15)26-18(17)22-20(23)21-14-10-8-13(9-11-14)12(2)24/h8-11H,3-7H2,1-2H3,(H,21,22). The van der Waals surface area contributed by atoms with Crippen LogP contribution in [0.4, 0.5) is 11.6 Å². The third-order valence-corrected chi connectivity index (χ3v) is 6.12. The fourth-order valence-corrected chi connectivity index (χ4v) is 4.80. The van der Waals surface area contributed by atoms with Crippen LogP contribution in [-0.4, -0.2) is 15.3 Å². The first-order valence-corrected chi connectivity index (χ1v) is 9.83. The van der Waals surface area contributed by atoms with Crippen LogP contribution in [0, 0.1) is 0 Å². The van der Waals surface area contributed by atoms with Gasteiger partial charge in [0, 0.05) is 22.7 Å². The summed E-state index contributed by atoms with van der Waals surface area (Å²) in [6.07, 6.45) is 4.37. The Kier molecular flexibility index (Phi) is 4.36. The Morgan fingerprint density at radius 2 is 1.96 bits per heavy atom. The molecular weight excluding hydrogens is 346 g/mol. The molecule has 0 radical (unpaired) electrons. The zero-order chi connectivity index (χ0) is 18.3. The minimum Gasteiger partial charge on any atom is -0.325 e. The molecule has 0 atom stereocenters. The molecule has 2 aromatic heterocycles. The van der Waals surface area contributed by atoms with E-state index < -0.39 is 0 Å². The summed E-state index contributed by atoms with van der Waals surface area (Å²) >= 11 is 1.66. The summed E-state index contributed by atoms with van der Waals surface area (Å²) in [5.41, 5.74) is 2.73. The number of Topliss-reactive ketones (excluding diaryl/α,β-unsaturated/α-hetero) is 1. The number of rotatable bonds is 4. The van der Waals surface area contributed by atoms with E-state index in [1.807, 2.05) is 19.1 Å². The summed E-state index contributed by atoms with van der Waals surface area (Å²) < 4.78 is 1.70. The molecule has 1 aromatic carbocycles. The molecule has 3 aromatic rings. The Labute approximate surface area is 155 Å². The lowest BCUT2D eigenvalue weighted by molar-refractivity contribution is 0.101. The number of hydrogen-bond donors (Lipinski definition) is 1. The molecular formula is C20H21N3O2S. The van der Waals surface area contributed by atoms with Crippen LogP contribution < -0.4 is 10.9 Å². The summed E-state index contributed by atoms with van der Waals surface area (Å²) in [7, 11) is 0. The van der Waals surface area contributed by atoms with Gasteiger partial charge in [-0.25, -0.2) is 4.98 Å². The summed E-state index contributed by atoms with van der Waals surface area (Å²) in [6, 6.07) is 7.24. The summed E-state index contributed by atoms with van der Waals surface area (Å²) in [5, 5.41) is 4.06. The van der Waals surface area contributed by atoms with Crippen LogP contribution in [0.5, 0.6) is 0 Å².